The van der Waals surface area contributed by atoms with E-state index in [1.807, 2.05) is 31.3 Å². The fourth-order valence-corrected chi connectivity index (χ4v) is 2.35. The maximum atomic E-state index is 6.16. The van der Waals surface area contributed by atoms with Gasteiger partial charge in [-0.2, -0.15) is 5.10 Å². The molecule has 0 radical (unpaired) electrons. The summed E-state index contributed by atoms with van der Waals surface area (Å²) in [5, 5.41) is 4.86. The third kappa shape index (κ3) is 3.24. The molecule has 0 saturated carbocycles. The van der Waals surface area contributed by atoms with Crippen molar-refractivity contribution in [3.63, 3.8) is 0 Å². The van der Waals surface area contributed by atoms with Crippen molar-refractivity contribution in [2.45, 2.75) is 12.8 Å². The molecule has 0 N–H and O–H groups in total. The van der Waals surface area contributed by atoms with Crippen LogP contribution in [0.4, 0.5) is 0 Å². The SMILES string of the molecule is Cn1ncnc1CC(CCl)Cc1ccccc1Cl. The smallest absolute Gasteiger partial charge is 0.138 e. The minimum atomic E-state index is 0.314. The molecule has 0 fully saturated rings. The summed E-state index contributed by atoms with van der Waals surface area (Å²) in [6.07, 6.45) is 3.23. The largest absolute Gasteiger partial charge is 0.253 e. The average molecular weight is 284 g/mol. The maximum absolute atomic E-state index is 6.16. The first-order valence-electron chi connectivity index (χ1n) is 5.83. The van der Waals surface area contributed by atoms with Crippen molar-refractivity contribution in [2.75, 3.05) is 5.88 Å². The molecule has 0 saturated heterocycles. The Balaban J connectivity index is 2.06. The highest BCUT2D eigenvalue weighted by molar-refractivity contribution is 6.31. The molecule has 1 atom stereocenters. The third-order valence-corrected chi connectivity index (χ3v) is 3.77. The lowest BCUT2D eigenvalue weighted by atomic mass is 9.97. The van der Waals surface area contributed by atoms with Gasteiger partial charge < -0.3 is 0 Å². The summed E-state index contributed by atoms with van der Waals surface area (Å²) in [7, 11) is 1.89. The Morgan fingerprint density at radius 1 is 1.28 bits per heavy atom. The minimum Gasteiger partial charge on any atom is -0.253 e. The molecule has 2 aromatic rings. The lowest BCUT2D eigenvalue weighted by Gasteiger charge is -2.14. The van der Waals surface area contributed by atoms with Gasteiger partial charge in [-0.05, 0) is 24.0 Å². The fourth-order valence-electron chi connectivity index (χ4n) is 1.92. The zero-order chi connectivity index (χ0) is 13.0. The number of benzene rings is 1. The maximum Gasteiger partial charge on any atom is 0.138 e. The second-order valence-electron chi connectivity index (χ2n) is 4.32. The van der Waals surface area contributed by atoms with Crippen LogP contribution in [0.15, 0.2) is 30.6 Å². The first kappa shape index (κ1) is 13.4. The average Bonchev–Trinajstić information content (AvgIpc) is 2.77. The van der Waals surface area contributed by atoms with Gasteiger partial charge in [0.1, 0.15) is 12.2 Å². The second-order valence-corrected chi connectivity index (χ2v) is 5.04. The molecular weight excluding hydrogens is 269 g/mol. The fraction of sp³-hybridized carbons (Fsp3) is 0.385. The van der Waals surface area contributed by atoms with Crippen molar-refractivity contribution in [2.24, 2.45) is 13.0 Å². The van der Waals surface area contributed by atoms with Crippen molar-refractivity contribution in [1.82, 2.24) is 14.8 Å². The number of aromatic nitrogens is 3. The van der Waals surface area contributed by atoms with E-state index < -0.39 is 0 Å². The molecule has 1 aromatic heterocycles. The molecule has 0 aliphatic carbocycles. The topological polar surface area (TPSA) is 30.7 Å². The molecular formula is C13H15Cl2N3. The molecule has 96 valence electrons. The van der Waals surface area contributed by atoms with Crippen LogP contribution in [-0.4, -0.2) is 20.6 Å². The van der Waals surface area contributed by atoms with Crippen LogP contribution in [0.1, 0.15) is 11.4 Å². The molecule has 3 nitrogen and oxygen atoms in total. The van der Waals surface area contributed by atoms with Crippen LogP contribution in [0.25, 0.3) is 0 Å². The molecule has 2 rings (SSSR count). The van der Waals surface area contributed by atoms with Crippen molar-refractivity contribution in [1.29, 1.82) is 0 Å². The van der Waals surface area contributed by atoms with Gasteiger partial charge in [-0.15, -0.1) is 11.6 Å². The Morgan fingerprint density at radius 2 is 2.06 bits per heavy atom. The normalized spacial score (nSPS) is 12.6. The molecule has 5 heteroatoms. The summed E-state index contributed by atoms with van der Waals surface area (Å²) < 4.78 is 1.78. The monoisotopic (exact) mass is 283 g/mol. The number of hydrogen-bond donors (Lipinski definition) is 0. The van der Waals surface area contributed by atoms with Crippen LogP contribution in [0, 0.1) is 5.92 Å². The van der Waals surface area contributed by atoms with Crippen molar-refractivity contribution in [3.05, 3.63) is 47.0 Å². The Kier molecular flexibility index (Phi) is 4.61. The second kappa shape index (κ2) is 6.21. The third-order valence-electron chi connectivity index (χ3n) is 2.96. The van der Waals surface area contributed by atoms with Gasteiger partial charge in [-0.3, -0.25) is 4.68 Å². The Labute approximate surface area is 117 Å². The highest BCUT2D eigenvalue weighted by atomic mass is 35.5. The summed E-state index contributed by atoms with van der Waals surface area (Å²) >= 11 is 12.2. The van der Waals surface area contributed by atoms with E-state index in [4.69, 9.17) is 23.2 Å². The highest BCUT2D eigenvalue weighted by Gasteiger charge is 2.14. The Bertz CT molecular complexity index is 510. The quantitative estimate of drug-likeness (QED) is 0.790. The molecule has 1 unspecified atom stereocenters. The lowest BCUT2D eigenvalue weighted by Crippen LogP contribution is -2.14. The summed E-state index contributed by atoms with van der Waals surface area (Å²) in [4.78, 5) is 4.23. The summed E-state index contributed by atoms with van der Waals surface area (Å²) in [6.45, 7) is 0. The van der Waals surface area contributed by atoms with E-state index in [-0.39, 0.29) is 0 Å². The van der Waals surface area contributed by atoms with Crippen LogP contribution in [0.3, 0.4) is 0 Å². The van der Waals surface area contributed by atoms with Gasteiger partial charge >= 0.3 is 0 Å². The lowest BCUT2D eigenvalue weighted by molar-refractivity contribution is 0.542. The van der Waals surface area contributed by atoms with Gasteiger partial charge in [0, 0.05) is 24.4 Å². The van der Waals surface area contributed by atoms with Crippen LogP contribution < -0.4 is 0 Å². The minimum absolute atomic E-state index is 0.314. The number of rotatable bonds is 5. The number of nitrogens with zero attached hydrogens (tertiary/aromatic N) is 3. The van der Waals surface area contributed by atoms with E-state index in [1.165, 1.54) is 0 Å². The van der Waals surface area contributed by atoms with Gasteiger partial charge in [-0.1, -0.05) is 29.8 Å². The molecule has 0 aliphatic rings. The first-order valence-corrected chi connectivity index (χ1v) is 6.74. The van der Waals surface area contributed by atoms with Crippen molar-refractivity contribution >= 4 is 23.2 Å². The Morgan fingerprint density at radius 3 is 2.67 bits per heavy atom. The first-order chi connectivity index (χ1) is 8.70. The standard InChI is InChI=1S/C13H15Cl2N3/c1-18-13(16-9-17-18)7-10(8-14)6-11-4-2-3-5-12(11)15/h2-5,9-10H,6-8H2,1H3. The van der Waals surface area contributed by atoms with Crippen LogP contribution in [-0.2, 0) is 19.9 Å². The molecule has 0 bridgehead atoms. The van der Waals surface area contributed by atoms with E-state index >= 15 is 0 Å². The van der Waals surface area contributed by atoms with E-state index in [9.17, 15) is 0 Å². The van der Waals surface area contributed by atoms with Crippen LogP contribution in [0.5, 0.6) is 0 Å². The highest BCUT2D eigenvalue weighted by Crippen LogP contribution is 2.21. The Hall–Kier alpha value is -1.06. The zero-order valence-electron chi connectivity index (χ0n) is 10.2. The van der Waals surface area contributed by atoms with Crippen LogP contribution in [0.2, 0.25) is 5.02 Å². The molecule has 0 spiro atoms. The van der Waals surface area contributed by atoms with Gasteiger partial charge in [0.15, 0.2) is 0 Å². The molecule has 18 heavy (non-hydrogen) atoms. The summed E-state index contributed by atoms with van der Waals surface area (Å²) in [5.41, 5.74) is 1.13. The molecule has 1 aromatic carbocycles. The number of aryl methyl sites for hydroxylation is 1. The number of hydrogen-bond acceptors (Lipinski definition) is 2. The van der Waals surface area contributed by atoms with E-state index in [1.54, 1.807) is 11.0 Å². The zero-order valence-corrected chi connectivity index (χ0v) is 11.7. The van der Waals surface area contributed by atoms with E-state index in [2.05, 4.69) is 10.1 Å². The van der Waals surface area contributed by atoms with Crippen molar-refractivity contribution < 1.29 is 0 Å². The predicted octanol–water partition coefficient (Wildman–Crippen LogP) is 3.11. The summed E-state index contributed by atoms with van der Waals surface area (Å²) in [5.74, 6) is 1.85. The van der Waals surface area contributed by atoms with E-state index in [0.29, 0.717) is 11.8 Å². The molecule has 0 amide bonds. The van der Waals surface area contributed by atoms with Crippen LogP contribution >= 0.6 is 23.2 Å². The number of alkyl halides is 1. The van der Waals surface area contributed by atoms with Crippen molar-refractivity contribution in [3.8, 4) is 0 Å². The molecule has 0 aliphatic heterocycles. The van der Waals surface area contributed by atoms with Gasteiger partial charge in [0.2, 0.25) is 0 Å². The van der Waals surface area contributed by atoms with Gasteiger partial charge in [-0.25, -0.2) is 4.98 Å². The van der Waals surface area contributed by atoms with E-state index in [0.717, 1.165) is 29.3 Å². The molecule has 1 heterocycles. The van der Waals surface area contributed by atoms with Gasteiger partial charge in [0.25, 0.3) is 0 Å². The summed E-state index contributed by atoms with van der Waals surface area (Å²) in [6, 6.07) is 7.88. The predicted molar refractivity (Wildman–Crippen MR) is 74.1 cm³/mol. The van der Waals surface area contributed by atoms with Gasteiger partial charge in [0.05, 0.1) is 0 Å². The number of halogens is 2.